The first kappa shape index (κ1) is 15.7. The topological polar surface area (TPSA) is 45.2 Å². The summed E-state index contributed by atoms with van der Waals surface area (Å²) in [5, 5.41) is 5.40. The molecule has 2 bridgehead atoms. The van der Waals surface area contributed by atoms with Gasteiger partial charge in [-0.3, -0.25) is 4.79 Å². The number of halogens is 2. The zero-order valence-electron chi connectivity index (χ0n) is 9.87. The van der Waals surface area contributed by atoms with Crippen molar-refractivity contribution in [2.45, 2.75) is 31.3 Å². The molecule has 1 amide bonds. The lowest BCUT2D eigenvalue weighted by molar-refractivity contribution is 0.0743. The molecule has 2 atom stereocenters. The van der Waals surface area contributed by atoms with Crippen LogP contribution in [0.25, 0.3) is 0 Å². The molecule has 1 aromatic rings. The summed E-state index contributed by atoms with van der Waals surface area (Å²) in [4.78, 5) is 18.2. The number of hydrogen-bond donors (Lipinski definition) is 1. The van der Waals surface area contributed by atoms with E-state index in [9.17, 15) is 4.79 Å². The van der Waals surface area contributed by atoms with E-state index in [0.717, 1.165) is 19.5 Å². The first-order chi connectivity index (χ1) is 7.83. The van der Waals surface area contributed by atoms with E-state index >= 15 is 0 Å². The molecule has 0 radical (unpaired) electrons. The van der Waals surface area contributed by atoms with Crippen LogP contribution in [0.2, 0.25) is 0 Å². The summed E-state index contributed by atoms with van der Waals surface area (Å²) in [5.74, 6) is 0.0931. The average Bonchev–Trinajstić information content (AvgIpc) is 2.87. The largest absolute Gasteiger partial charge is 0.336 e. The molecular formula is C11H17Cl2N3OS. The number of nitrogens with zero attached hydrogens (tertiary/aromatic N) is 2. The minimum Gasteiger partial charge on any atom is -0.336 e. The van der Waals surface area contributed by atoms with Crippen molar-refractivity contribution in [2.75, 3.05) is 13.1 Å². The SMILES string of the molecule is Cl.Cl.O=C(c1cscn1)N1CCC2CCC(C1)N2. The van der Waals surface area contributed by atoms with E-state index in [4.69, 9.17) is 0 Å². The van der Waals surface area contributed by atoms with E-state index in [1.54, 1.807) is 5.51 Å². The van der Waals surface area contributed by atoms with Crippen molar-refractivity contribution in [1.82, 2.24) is 15.2 Å². The van der Waals surface area contributed by atoms with Gasteiger partial charge in [0.2, 0.25) is 0 Å². The highest BCUT2D eigenvalue weighted by atomic mass is 35.5. The van der Waals surface area contributed by atoms with Gasteiger partial charge in [0.25, 0.3) is 5.91 Å². The highest BCUT2D eigenvalue weighted by Gasteiger charge is 2.31. The number of hydrogen-bond acceptors (Lipinski definition) is 4. The number of aromatic nitrogens is 1. The molecule has 3 heterocycles. The summed E-state index contributed by atoms with van der Waals surface area (Å²) in [6.07, 6.45) is 3.54. The molecule has 4 nitrogen and oxygen atoms in total. The van der Waals surface area contributed by atoms with E-state index in [2.05, 4.69) is 10.3 Å². The Hall–Kier alpha value is -0.360. The Bertz CT molecular complexity index is 388. The lowest BCUT2D eigenvalue weighted by atomic mass is 10.1. The maximum absolute atomic E-state index is 12.1. The molecule has 1 N–H and O–H groups in total. The Balaban J connectivity index is 0.000000810. The minimum absolute atomic E-state index is 0. The van der Waals surface area contributed by atoms with Gasteiger partial charge >= 0.3 is 0 Å². The Morgan fingerprint density at radius 3 is 2.83 bits per heavy atom. The monoisotopic (exact) mass is 309 g/mol. The molecule has 18 heavy (non-hydrogen) atoms. The fourth-order valence-electron chi connectivity index (χ4n) is 2.61. The zero-order valence-corrected chi connectivity index (χ0v) is 12.3. The molecule has 0 saturated carbocycles. The first-order valence-electron chi connectivity index (χ1n) is 5.76. The van der Waals surface area contributed by atoms with Crippen molar-refractivity contribution in [3.8, 4) is 0 Å². The van der Waals surface area contributed by atoms with Gasteiger partial charge in [-0.15, -0.1) is 36.2 Å². The third-order valence-corrected chi connectivity index (χ3v) is 4.05. The van der Waals surface area contributed by atoms with Crippen molar-refractivity contribution in [3.05, 3.63) is 16.6 Å². The maximum atomic E-state index is 12.1. The number of rotatable bonds is 1. The quantitative estimate of drug-likeness (QED) is 0.862. The van der Waals surface area contributed by atoms with Gasteiger partial charge < -0.3 is 10.2 Å². The second kappa shape index (κ2) is 6.70. The van der Waals surface area contributed by atoms with E-state index in [0.29, 0.717) is 17.8 Å². The standard InChI is InChI=1S/C11H15N3OS.2ClH/c15-11(10-6-16-7-12-10)14-4-3-8-1-2-9(5-14)13-8;;/h6-9,13H,1-5H2;2*1H. The molecule has 0 aromatic carbocycles. The summed E-state index contributed by atoms with van der Waals surface area (Å²) in [7, 11) is 0. The number of likely N-dealkylation sites (tertiary alicyclic amines) is 1. The highest BCUT2D eigenvalue weighted by Crippen LogP contribution is 2.21. The van der Waals surface area contributed by atoms with Gasteiger partial charge in [0.15, 0.2) is 0 Å². The van der Waals surface area contributed by atoms with Crippen LogP contribution in [-0.2, 0) is 0 Å². The lowest BCUT2D eigenvalue weighted by Crippen LogP contribution is -2.39. The summed E-state index contributed by atoms with van der Waals surface area (Å²) in [5.41, 5.74) is 2.32. The van der Waals surface area contributed by atoms with Gasteiger partial charge in [-0.2, -0.15) is 0 Å². The lowest BCUT2D eigenvalue weighted by Gasteiger charge is -2.23. The minimum atomic E-state index is 0. The Labute approximate surface area is 123 Å². The molecule has 2 aliphatic rings. The molecule has 2 saturated heterocycles. The Morgan fingerprint density at radius 2 is 2.11 bits per heavy atom. The molecule has 102 valence electrons. The van der Waals surface area contributed by atoms with Gasteiger partial charge in [0, 0.05) is 30.6 Å². The summed E-state index contributed by atoms with van der Waals surface area (Å²) < 4.78 is 0. The van der Waals surface area contributed by atoms with Gasteiger partial charge in [0.1, 0.15) is 5.69 Å². The smallest absolute Gasteiger partial charge is 0.273 e. The molecule has 2 aliphatic heterocycles. The van der Waals surface area contributed by atoms with Gasteiger partial charge in [-0.1, -0.05) is 0 Å². The van der Waals surface area contributed by atoms with E-state index in [-0.39, 0.29) is 30.7 Å². The number of fused-ring (bicyclic) bond motifs is 2. The van der Waals surface area contributed by atoms with Crippen molar-refractivity contribution in [3.63, 3.8) is 0 Å². The van der Waals surface area contributed by atoms with E-state index < -0.39 is 0 Å². The van der Waals surface area contributed by atoms with Crippen LogP contribution in [0.5, 0.6) is 0 Å². The molecule has 2 fully saturated rings. The van der Waals surface area contributed by atoms with Crippen LogP contribution in [0.3, 0.4) is 0 Å². The molecule has 0 aliphatic carbocycles. The Kier molecular flexibility index (Phi) is 5.85. The van der Waals surface area contributed by atoms with Gasteiger partial charge in [-0.05, 0) is 19.3 Å². The van der Waals surface area contributed by atoms with Crippen molar-refractivity contribution < 1.29 is 4.79 Å². The highest BCUT2D eigenvalue weighted by molar-refractivity contribution is 7.07. The second-order valence-corrected chi connectivity index (χ2v) is 5.27. The van der Waals surface area contributed by atoms with Gasteiger partial charge in [-0.25, -0.2) is 4.98 Å². The summed E-state index contributed by atoms with van der Waals surface area (Å²) >= 11 is 1.48. The Morgan fingerprint density at radius 1 is 1.33 bits per heavy atom. The molecular weight excluding hydrogens is 293 g/mol. The average molecular weight is 310 g/mol. The second-order valence-electron chi connectivity index (χ2n) is 4.55. The van der Waals surface area contributed by atoms with E-state index in [1.165, 1.54) is 24.2 Å². The van der Waals surface area contributed by atoms with Crippen molar-refractivity contribution >= 4 is 42.1 Å². The maximum Gasteiger partial charge on any atom is 0.273 e. The third kappa shape index (κ3) is 3.15. The fraction of sp³-hybridized carbons (Fsp3) is 0.636. The van der Waals surface area contributed by atoms with Crippen LogP contribution < -0.4 is 5.32 Å². The fourth-order valence-corrected chi connectivity index (χ4v) is 3.13. The number of thiazole rings is 1. The van der Waals surface area contributed by atoms with Crippen LogP contribution in [0.1, 0.15) is 29.8 Å². The normalized spacial score (nSPS) is 25.9. The number of nitrogens with one attached hydrogen (secondary N) is 1. The first-order valence-corrected chi connectivity index (χ1v) is 6.71. The summed E-state index contributed by atoms with van der Waals surface area (Å²) in [6.45, 7) is 1.71. The third-order valence-electron chi connectivity index (χ3n) is 3.46. The van der Waals surface area contributed by atoms with Crippen LogP contribution in [0.4, 0.5) is 0 Å². The van der Waals surface area contributed by atoms with Crippen LogP contribution >= 0.6 is 36.2 Å². The molecule has 3 rings (SSSR count). The number of carbonyl (C=O) groups is 1. The molecule has 1 aromatic heterocycles. The molecule has 7 heteroatoms. The van der Waals surface area contributed by atoms with Crippen LogP contribution in [-0.4, -0.2) is 41.0 Å². The number of amides is 1. The van der Waals surface area contributed by atoms with Crippen LogP contribution in [0.15, 0.2) is 10.9 Å². The predicted molar refractivity (Wildman–Crippen MR) is 77.1 cm³/mol. The van der Waals surface area contributed by atoms with Crippen LogP contribution in [0, 0.1) is 0 Å². The van der Waals surface area contributed by atoms with E-state index in [1.807, 2.05) is 10.3 Å². The number of carbonyl (C=O) groups excluding carboxylic acids is 1. The molecule has 2 unspecified atom stereocenters. The van der Waals surface area contributed by atoms with Gasteiger partial charge in [0.05, 0.1) is 5.51 Å². The molecule has 0 spiro atoms. The summed E-state index contributed by atoms with van der Waals surface area (Å²) in [6, 6.07) is 1.12. The van der Waals surface area contributed by atoms with Crippen molar-refractivity contribution in [2.24, 2.45) is 0 Å². The predicted octanol–water partition coefficient (Wildman–Crippen LogP) is 1.95. The zero-order chi connectivity index (χ0) is 11.0. The van der Waals surface area contributed by atoms with Crippen molar-refractivity contribution in [1.29, 1.82) is 0 Å².